The van der Waals surface area contributed by atoms with Crippen molar-refractivity contribution >= 4 is 17.5 Å². The van der Waals surface area contributed by atoms with Gasteiger partial charge in [0.15, 0.2) is 0 Å². The second-order valence-electron chi connectivity index (χ2n) is 9.43. The number of anilines is 1. The van der Waals surface area contributed by atoms with Crippen molar-refractivity contribution in [2.45, 2.75) is 37.1 Å². The highest BCUT2D eigenvalue weighted by Gasteiger charge is 2.56. The van der Waals surface area contributed by atoms with Gasteiger partial charge in [0.1, 0.15) is 0 Å². The number of carbonyl (C=O) groups excluding carboxylic acids is 2. The zero-order valence-electron chi connectivity index (χ0n) is 19.4. The zero-order chi connectivity index (χ0) is 22.8. The van der Waals surface area contributed by atoms with Gasteiger partial charge < -0.3 is 19.4 Å². The molecule has 174 valence electrons. The summed E-state index contributed by atoms with van der Waals surface area (Å²) < 4.78 is 5.35. The molecule has 5 rings (SSSR count). The van der Waals surface area contributed by atoms with Crippen molar-refractivity contribution in [1.29, 1.82) is 0 Å². The van der Waals surface area contributed by atoms with E-state index in [-0.39, 0.29) is 17.7 Å². The second-order valence-corrected chi connectivity index (χ2v) is 9.43. The van der Waals surface area contributed by atoms with Gasteiger partial charge in [0.2, 0.25) is 5.91 Å². The summed E-state index contributed by atoms with van der Waals surface area (Å²) in [6, 6.07) is 18.1. The number of carbonyl (C=O) groups is 2. The van der Waals surface area contributed by atoms with E-state index in [1.807, 2.05) is 40.1 Å². The lowest BCUT2D eigenvalue weighted by atomic mass is 9.70. The lowest BCUT2D eigenvalue weighted by molar-refractivity contribution is -0.137. The molecule has 1 saturated carbocycles. The van der Waals surface area contributed by atoms with E-state index in [0.717, 1.165) is 44.3 Å². The minimum absolute atomic E-state index is 0.0440. The predicted molar refractivity (Wildman–Crippen MR) is 129 cm³/mol. The summed E-state index contributed by atoms with van der Waals surface area (Å²) in [5.41, 5.74) is 2.34. The normalized spacial score (nSPS) is 22.0. The molecule has 2 aromatic rings. The van der Waals surface area contributed by atoms with E-state index < -0.39 is 5.54 Å². The fourth-order valence-corrected chi connectivity index (χ4v) is 6.16. The van der Waals surface area contributed by atoms with E-state index in [9.17, 15) is 9.59 Å². The molecule has 1 unspecified atom stereocenters. The highest BCUT2D eigenvalue weighted by Crippen LogP contribution is 2.50. The number of benzene rings is 2. The van der Waals surface area contributed by atoms with Crippen molar-refractivity contribution < 1.29 is 14.3 Å². The molecule has 0 aromatic heterocycles. The van der Waals surface area contributed by atoms with Gasteiger partial charge >= 0.3 is 0 Å². The third kappa shape index (κ3) is 3.80. The van der Waals surface area contributed by atoms with Gasteiger partial charge in [-0.25, -0.2) is 0 Å². The molecule has 6 nitrogen and oxygen atoms in total. The molecule has 0 radical (unpaired) electrons. The van der Waals surface area contributed by atoms with Crippen LogP contribution in [-0.2, 0) is 9.53 Å². The van der Waals surface area contributed by atoms with Crippen LogP contribution in [0.5, 0.6) is 0 Å². The third-order valence-corrected chi connectivity index (χ3v) is 7.77. The van der Waals surface area contributed by atoms with E-state index in [4.69, 9.17) is 4.74 Å². The van der Waals surface area contributed by atoms with Gasteiger partial charge in [-0.1, -0.05) is 49.2 Å². The molecule has 0 N–H and O–H groups in total. The Morgan fingerprint density at radius 3 is 2.33 bits per heavy atom. The topological polar surface area (TPSA) is 53.1 Å². The number of rotatable bonds is 5. The van der Waals surface area contributed by atoms with Crippen LogP contribution in [0.3, 0.4) is 0 Å². The van der Waals surface area contributed by atoms with Crippen molar-refractivity contribution in [3.8, 4) is 0 Å². The van der Waals surface area contributed by atoms with Crippen LogP contribution in [0.2, 0.25) is 0 Å². The van der Waals surface area contributed by atoms with Crippen molar-refractivity contribution in [2.24, 2.45) is 0 Å². The number of nitrogens with zero attached hydrogens (tertiary/aromatic N) is 3. The number of hydrogen-bond acceptors (Lipinski definition) is 4. The quantitative estimate of drug-likeness (QED) is 0.704. The van der Waals surface area contributed by atoms with Crippen LogP contribution < -0.4 is 4.90 Å². The number of fused-ring (bicyclic) bond motifs is 1. The number of methoxy groups -OCH3 is 1. The molecule has 2 aliphatic heterocycles. The average Bonchev–Trinajstić information content (AvgIpc) is 3.34. The summed E-state index contributed by atoms with van der Waals surface area (Å²) in [4.78, 5) is 34.1. The predicted octanol–water partition coefficient (Wildman–Crippen LogP) is 3.53. The lowest BCUT2D eigenvalue weighted by Crippen LogP contribution is -2.62. The van der Waals surface area contributed by atoms with Gasteiger partial charge in [-0.3, -0.25) is 9.59 Å². The van der Waals surface area contributed by atoms with Crippen molar-refractivity contribution in [3.63, 3.8) is 0 Å². The van der Waals surface area contributed by atoms with Gasteiger partial charge in [0.05, 0.1) is 18.1 Å². The first-order valence-corrected chi connectivity index (χ1v) is 12.1. The van der Waals surface area contributed by atoms with Crippen LogP contribution >= 0.6 is 0 Å². The van der Waals surface area contributed by atoms with Crippen molar-refractivity contribution in [1.82, 2.24) is 9.80 Å². The Morgan fingerprint density at radius 2 is 1.64 bits per heavy atom. The molecule has 1 atom stereocenters. The highest BCUT2D eigenvalue weighted by molar-refractivity contribution is 6.02. The molecule has 2 heterocycles. The first-order valence-electron chi connectivity index (χ1n) is 12.1. The van der Waals surface area contributed by atoms with E-state index >= 15 is 0 Å². The first-order chi connectivity index (χ1) is 16.2. The Hall–Kier alpha value is -2.86. The summed E-state index contributed by atoms with van der Waals surface area (Å²) >= 11 is 0. The van der Waals surface area contributed by atoms with E-state index in [1.54, 1.807) is 7.11 Å². The Labute approximate surface area is 196 Å². The summed E-state index contributed by atoms with van der Waals surface area (Å²) in [6.07, 6.45) is 3.84. The molecular weight excluding hydrogens is 414 g/mol. The molecule has 0 bridgehead atoms. The Balaban J connectivity index is 1.45. The molecule has 1 spiro atoms. The first kappa shape index (κ1) is 22.0. The molecule has 6 heteroatoms. The van der Waals surface area contributed by atoms with E-state index in [1.165, 1.54) is 5.69 Å². The maximum atomic E-state index is 14.2. The minimum atomic E-state index is -0.447. The molecule has 1 saturated heterocycles. The van der Waals surface area contributed by atoms with Gasteiger partial charge in [0.25, 0.3) is 5.91 Å². The fraction of sp³-hybridized carbons (Fsp3) is 0.481. The minimum Gasteiger partial charge on any atom is -0.383 e. The lowest BCUT2D eigenvalue weighted by Gasteiger charge is -2.51. The monoisotopic (exact) mass is 447 g/mol. The number of para-hydroxylation sites is 1. The van der Waals surface area contributed by atoms with Gasteiger partial charge in [0, 0.05) is 51.1 Å². The molecule has 2 amide bonds. The summed E-state index contributed by atoms with van der Waals surface area (Å²) in [6.45, 7) is 4.05. The van der Waals surface area contributed by atoms with Crippen LogP contribution in [0.15, 0.2) is 54.6 Å². The Kier molecular flexibility index (Phi) is 6.11. The van der Waals surface area contributed by atoms with Gasteiger partial charge in [-0.2, -0.15) is 0 Å². The summed E-state index contributed by atoms with van der Waals surface area (Å²) in [7, 11) is 1.67. The second kappa shape index (κ2) is 9.18. The van der Waals surface area contributed by atoms with Crippen molar-refractivity contribution in [2.75, 3.05) is 51.3 Å². The van der Waals surface area contributed by atoms with Gasteiger partial charge in [-0.15, -0.1) is 0 Å². The maximum absolute atomic E-state index is 14.2. The molecule has 33 heavy (non-hydrogen) atoms. The number of amides is 2. The van der Waals surface area contributed by atoms with Gasteiger partial charge in [-0.05, 0) is 36.6 Å². The van der Waals surface area contributed by atoms with E-state index in [0.29, 0.717) is 31.8 Å². The standard InChI is InChI=1S/C27H33N3O3/c1-33-20-19-30-25(31)23-12-6-5-11-22(23)24(27(30)13-7-8-14-27)26(32)29-17-15-28(16-18-29)21-9-3-2-4-10-21/h2-6,9-12,24H,7-8,13-20H2,1H3. The number of hydrogen-bond donors (Lipinski definition) is 0. The molecule has 3 aliphatic rings. The van der Waals surface area contributed by atoms with Crippen LogP contribution in [0.4, 0.5) is 5.69 Å². The fourth-order valence-electron chi connectivity index (χ4n) is 6.16. The Bertz CT molecular complexity index is 995. The van der Waals surface area contributed by atoms with E-state index in [2.05, 4.69) is 29.2 Å². The van der Waals surface area contributed by atoms with Crippen LogP contribution in [0.25, 0.3) is 0 Å². The van der Waals surface area contributed by atoms with Crippen molar-refractivity contribution in [3.05, 3.63) is 65.7 Å². The molecule has 1 aliphatic carbocycles. The number of piperazine rings is 1. The highest BCUT2D eigenvalue weighted by atomic mass is 16.5. The maximum Gasteiger partial charge on any atom is 0.254 e. The summed E-state index contributed by atoms with van der Waals surface area (Å²) in [5, 5.41) is 0. The zero-order valence-corrected chi connectivity index (χ0v) is 19.4. The SMILES string of the molecule is COCCN1C(=O)c2ccccc2C(C(=O)N2CCN(c3ccccc3)CC2)C12CCCC2. The smallest absolute Gasteiger partial charge is 0.254 e. The largest absolute Gasteiger partial charge is 0.383 e. The van der Waals surface area contributed by atoms with Crippen LogP contribution in [0, 0.1) is 0 Å². The van der Waals surface area contributed by atoms with Crippen LogP contribution in [0.1, 0.15) is 47.5 Å². The molecular formula is C27H33N3O3. The molecule has 2 aromatic carbocycles. The Morgan fingerprint density at radius 1 is 0.970 bits per heavy atom. The number of ether oxygens (including phenoxy) is 1. The molecule has 2 fully saturated rings. The van der Waals surface area contributed by atoms with Crippen LogP contribution in [-0.4, -0.2) is 73.6 Å². The average molecular weight is 448 g/mol. The third-order valence-electron chi connectivity index (χ3n) is 7.77. The summed E-state index contributed by atoms with van der Waals surface area (Å²) in [5.74, 6) is -0.0940.